The molecule has 1 rings (SSSR count). The van der Waals surface area contributed by atoms with Gasteiger partial charge in [0.05, 0.1) is 7.11 Å². The van der Waals surface area contributed by atoms with Crippen LogP contribution in [0.5, 0.6) is 5.75 Å². The van der Waals surface area contributed by atoms with Gasteiger partial charge in [-0.3, -0.25) is 4.79 Å². The Morgan fingerprint density at radius 3 is 2.71 bits per heavy atom. The summed E-state index contributed by atoms with van der Waals surface area (Å²) >= 11 is 0. The number of aliphatic hydroxyl groups is 1. The Morgan fingerprint density at radius 1 is 1.53 bits per heavy atom. The number of ether oxygens (including phenoxy) is 1. The largest absolute Gasteiger partial charge is 0.494 e. The molecule has 0 radical (unpaired) electrons. The van der Waals surface area contributed by atoms with Gasteiger partial charge >= 0.3 is 0 Å². The van der Waals surface area contributed by atoms with E-state index in [-0.39, 0.29) is 17.7 Å². The molecule has 0 aliphatic carbocycles. The number of ketones is 1. The van der Waals surface area contributed by atoms with Gasteiger partial charge in [-0.15, -0.1) is 0 Å². The summed E-state index contributed by atoms with van der Waals surface area (Å²) in [4.78, 5) is 11.8. The second-order valence-corrected chi connectivity index (χ2v) is 4.16. The molecule has 4 heteroatoms. The molecule has 94 valence electrons. The Morgan fingerprint density at radius 2 is 2.18 bits per heavy atom. The third-order valence-electron chi connectivity index (χ3n) is 2.90. The van der Waals surface area contributed by atoms with Crippen LogP contribution in [0.2, 0.25) is 0 Å². The van der Waals surface area contributed by atoms with Gasteiger partial charge in [-0.1, -0.05) is 19.1 Å². The topological polar surface area (TPSA) is 46.5 Å². The summed E-state index contributed by atoms with van der Waals surface area (Å²) in [5, 5.41) is 9.77. The molecule has 1 unspecified atom stereocenters. The molecule has 0 saturated heterocycles. The number of carbonyl (C=O) groups is 1. The highest BCUT2D eigenvalue weighted by Gasteiger charge is 2.28. The van der Waals surface area contributed by atoms with Crippen LogP contribution >= 0.6 is 0 Å². The molecule has 0 bridgehead atoms. The molecule has 1 N–H and O–H groups in total. The Hall–Kier alpha value is -1.42. The first-order chi connectivity index (χ1) is 7.92. The molecule has 0 aliphatic heterocycles. The standard InChI is InChI=1S/C13H17FO3/c1-4-13(2,16)11(15)8-9-6-5-7-10(17-3)12(9)14/h5-7,16H,4,8H2,1-3H3. The first kappa shape index (κ1) is 13.6. The van der Waals surface area contributed by atoms with E-state index in [9.17, 15) is 14.3 Å². The second-order valence-electron chi connectivity index (χ2n) is 4.16. The monoisotopic (exact) mass is 240 g/mol. The zero-order valence-corrected chi connectivity index (χ0v) is 10.3. The summed E-state index contributed by atoms with van der Waals surface area (Å²) in [7, 11) is 1.37. The van der Waals surface area contributed by atoms with E-state index in [1.165, 1.54) is 26.2 Å². The molecule has 3 nitrogen and oxygen atoms in total. The maximum atomic E-state index is 13.8. The lowest BCUT2D eigenvalue weighted by atomic mass is 9.92. The van der Waals surface area contributed by atoms with E-state index in [0.29, 0.717) is 6.42 Å². The zero-order valence-electron chi connectivity index (χ0n) is 10.3. The summed E-state index contributed by atoms with van der Waals surface area (Å²) in [6, 6.07) is 4.62. The highest BCUT2D eigenvalue weighted by Crippen LogP contribution is 2.22. The molecular formula is C13H17FO3. The molecule has 17 heavy (non-hydrogen) atoms. The molecule has 1 aromatic rings. The molecule has 0 fully saturated rings. The normalized spacial score (nSPS) is 14.2. The van der Waals surface area contributed by atoms with Gasteiger partial charge in [-0.25, -0.2) is 4.39 Å². The number of benzene rings is 1. The highest BCUT2D eigenvalue weighted by molar-refractivity contribution is 5.88. The first-order valence-electron chi connectivity index (χ1n) is 5.49. The quantitative estimate of drug-likeness (QED) is 0.857. The lowest BCUT2D eigenvalue weighted by Gasteiger charge is -2.19. The molecule has 0 saturated carbocycles. The lowest BCUT2D eigenvalue weighted by Crippen LogP contribution is -2.35. The van der Waals surface area contributed by atoms with Gasteiger partial charge in [0.15, 0.2) is 17.3 Å². The lowest BCUT2D eigenvalue weighted by molar-refractivity contribution is -0.135. The van der Waals surface area contributed by atoms with Crippen molar-refractivity contribution in [3.8, 4) is 5.75 Å². The summed E-state index contributed by atoms with van der Waals surface area (Å²) in [6.07, 6.45) is 0.168. The van der Waals surface area contributed by atoms with Gasteiger partial charge in [-0.05, 0) is 25.0 Å². The number of methoxy groups -OCH3 is 1. The number of rotatable bonds is 5. The smallest absolute Gasteiger partial charge is 0.168 e. The zero-order chi connectivity index (χ0) is 13.1. The summed E-state index contributed by atoms with van der Waals surface area (Å²) < 4.78 is 18.6. The molecule has 0 aliphatic rings. The minimum absolute atomic E-state index is 0.103. The van der Waals surface area contributed by atoms with Gasteiger partial charge < -0.3 is 9.84 Å². The van der Waals surface area contributed by atoms with Crippen LogP contribution in [-0.4, -0.2) is 23.6 Å². The van der Waals surface area contributed by atoms with Gasteiger partial charge in [0, 0.05) is 6.42 Å². The van der Waals surface area contributed by atoms with Crippen molar-refractivity contribution in [1.82, 2.24) is 0 Å². The van der Waals surface area contributed by atoms with Crippen molar-refractivity contribution in [2.24, 2.45) is 0 Å². The van der Waals surface area contributed by atoms with Crippen molar-refractivity contribution in [1.29, 1.82) is 0 Å². The molecular weight excluding hydrogens is 223 g/mol. The van der Waals surface area contributed by atoms with Gasteiger partial charge in [0.25, 0.3) is 0 Å². The first-order valence-corrected chi connectivity index (χ1v) is 5.49. The molecule has 0 spiro atoms. The second kappa shape index (κ2) is 5.27. The van der Waals surface area contributed by atoms with E-state index in [1.807, 2.05) is 0 Å². The molecule has 0 amide bonds. The van der Waals surface area contributed by atoms with E-state index in [4.69, 9.17) is 4.74 Å². The summed E-state index contributed by atoms with van der Waals surface area (Å²) in [5.41, 5.74) is -1.17. The van der Waals surface area contributed by atoms with Crippen LogP contribution in [0.3, 0.4) is 0 Å². The minimum Gasteiger partial charge on any atom is -0.494 e. The van der Waals surface area contributed by atoms with Gasteiger partial charge in [0.2, 0.25) is 0 Å². The Bertz CT molecular complexity index is 413. The molecule has 1 atom stereocenters. The number of hydrogen-bond acceptors (Lipinski definition) is 3. The van der Waals surface area contributed by atoms with Crippen molar-refractivity contribution in [2.45, 2.75) is 32.3 Å². The van der Waals surface area contributed by atoms with E-state index < -0.39 is 17.2 Å². The van der Waals surface area contributed by atoms with Crippen LogP contribution < -0.4 is 4.74 Å². The number of carbonyl (C=O) groups excluding carboxylic acids is 1. The maximum absolute atomic E-state index is 13.8. The fourth-order valence-electron chi connectivity index (χ4n) is 1.41. The van der Waals surface area contributed by atoms with Crippen LogP contribution in [0.1, 0.15) is 25.8 Å². The van der Waals surface area contributed by atoms with Crippen LogP contribution in [0.15, 0.2) is 18.2 Å². The predicted octanol–water partition coefficient (Wildman–Crippen LogP) is 2.11. The highest BCUT2D eigenvalue weighted by atomic mass is 19.1. The minimum atomic E-state index is -1.41. The van der Waals surface area contributed by atoms with Crippen LogP contribution in [-0.2, 0) is 11.2 Å². The van der Waals surface area contributed by atoms with Crippen LogP contribution in [0, 0.1) is 5.82 Å². The van der Waals surface area contributed by atoms with Crippen molar-refractivity contribution in [3.63, 3.8) is 0 Å². The Kier molecular flexibility index (Phi) is 4.23. The van der Waals surface area contributed by atoms with Crippen LogP contribution in [0.25, 0.3) is 0 Å². The van der Waals surface area contributed by atoms with E-state index in [2.05, 4.69) is 0 Å². The van der Waals surface area contributed by atoms with Crippen molar-refractivity contribution in [2.75, 3.05) is 7.11 Å². The third kappa shape index (κ3) is 3.03. The Labute approximate surface area is 100 Å². The molecule has 0 aromatic heterocycles. The SMILES string of the molecule is CCC(C)(O)C(=O)Cc1cccc(OC)c1F. The fourth-order valence-corrected chi connectivity index (χ4v) is 1.41. The van der Waals surface area contributed by atoms with Gasteiger partial charge in [0.1, 0.15) is 5.60 Å². The van der Waals surface area contributed by atoms with E-state index in [0.717, 1.165) is 0 Å². The van der Waals surface area contributed by atoms with Crippen molar-refractivity contribution in [3.05, 3.63) is 29.6 Å². The van der Waals surface area contributed by atoms with Gasteiger partial charge in [-0.2, -0.15) is 0 Å². The average molecular weight is 240 g/mol. The number of halogens is 1. The Balaban J connectivity index is 2.93. The van der Waals surface area contributed by atoms with E-state index in [1.54, 1.807) is 13.0 Å². The fraction of sp³-hybridized carbons (Fsp3) is 0.462. The third-order valence-corrected chi connectivity index (χ3v) is 2.90. The predicted molar refractivity (Wildman–Crippen MR) is 62.6 cm³/mol. The maximum Gasteiger partial charge on any atom is 0.168 e. The van der Waals surface area contributed by atoms with Crippen LogP contribution in [0.4, 0.5) is 4.39 Å². The summed E-state index contributed by atoms with van der Waals surface area (Å²) in [6.45, 7) is 3.15. The molecule has 0 heterocycles. The number of Topliss-reactive ketones (excluding diaryl/α,β-unsaturated/α-hetero) is 1. The van der Waals surface area contributed by atoms with Crippen molar-refractivity contribution >= 4 is 5.78 Å². The average Bonchev–Trinajstić information content (AvgIpc) is 2.31. The van der Waals surface area contributed by atoms with E-state index >= 15 is 0 Å². The number of hydrogen-bond donors (Lipinski definition) is 1. The summed E-state index contributed by atoms with van der Waals surface area (Å²) in [5.74, 6) is -0.839. The molecule has 1 aromatic carbocycles. The van der Waals surface area contributed by atoms with Crippen molar-refractivity contribution < 1.29 is 19.0 Å².